The fraction of sp³-hybridized carbons (Fsp3) is 0.650. The molecule has 1 aliphatic heterocycles. The van der Waals surface area contributed by atoms with E-state index in [0.29, 0.717) is 18.4 Å². The number of nitrogens with zero attached hydrogens (tertiary/aromatic N) is 1. The van der Waals surface area contributed by atoms with E-state index in [1.807, 2.05) is 18.2 Å². The molecule has 0 unspecified atom stereocenters. The molecule has 0 spiro atoms. The second-order valence-electron chi connectivity index (χ2n) is 7.73. The average Bonchev–Trinajstić information content (AvgIpc) is 3.43. The molecule has 2 atom stereocenters. The van der Waals surface area contributed by atoms with Gasteiger partial charge in [-0.05, 0) is 30.2 Å². The minimum absolute atomic E-state index is 0.0781. The third-order valence-corrected chi connectivity index (χ3v) is 4.88. The zero-order valence-electron chi connectivity index (χ0n) is 15.4. The molecule has 1 heterocycles. The maximum atomic E-state index is 12.4. The molecular formula is C20H31N3O2. The van der Waals surface area contributed by atoms with Gasteiger partial charge in [0.15, 0.2) is 0 Å². The van der Waals surface area contributed by atoms with Crippen molar-refractivity contribution in [2.24, 2.45) is 11.8 Å². The molecule has 0 radical (unpaired) electrons. The van der Waals surface area contributed by atoms with Crippen molar-refractivity contribution in [2.45, 2.75) is 38.8 Å². The molecule has 1 saturated heterocycles. The predicted molar refractivity (Wildman–Crippen MR) is 99.5 cm³/mol. The first-order chi connectivity index (χ1) is 12.1. The second-order valence-corrected chi connectivity index (χ2v) is 7.73. The summed E-state index contributed by atoms with van der Waals surface area (Å²) in [5, 5.41) is 6.17. The molecule has 1 aromatic rings. The summed E-state index contributed by atoms with van der Waals surface area (Å²) in [7, 11) is 0. The van der Waals surface area contributed by atoms with Crippen LogP contribution in [0.25, 0.3) is 0 Å². The molecular weight excluding hydrogens is 314 g/mol. The molecule has 2 N–H and O–H groups in total. The molecule has 3 rings (SSSR count). The van der Waals surface area contributed by atoms with Crippen LogP contribution < -0.4 is 10.6 Å². The van der Waals surface area contributed by atoms with Gasteiger partial charge >= 0.3 is 6.03 Å². The monoisotopic (exact) mass is 345 g/mol. The van der Waals surface area contributed by atoms with E-state index in [9.17, 15) is 4.79 Å². The highest BCUT2D eigenvalue weighted by Gasteiger charge is 2.33. The maximum absolute atomic E-state index is 12.4. The largest absolute Gasteiger partial charge is 0.374 e. The number of hydrogen-bond acceptors (Lipinski definition) is 3. The molecule has 2 amide bonds. The van der Waals surface area contributed by atoms with Crippen LogP contribution in [0, 0.1) is 11.8 Å². The number of carbonyl (C=O) groups is 1. The summed E-state index contributed by atoms with van der Waals surface area (Å²) in [6.45, 7) is 8.74. The maximum Gasteiger partial charge on any atom is 0.315 e. The van der Waals surface area contributed by atoms with Gasteiger partial charge in [0.2, 0.25) is 0 Å². The van der Waals surface area contributed by atoms with Gasteiger partial charge in [-0.2, -0.15) is 0 Å². The number of morpholine rings is 1. The van der Waals surface area contributed by atoms with E-state index in [-0.39, 0.29) is 18.2 Å². The van der Waals surface area contributed by atoms with Gasteiger partial charge in [0.1, 0.15) is 0 Å². The van der Waals surface area contributed by atoms with Crippen LogP contribution in [0.3, 0.4) is 0 Å². The standard InChI is InChI=1S/C20H31N3O2/c1-15(2)13-23-10-11-25-18(14-23)12-21-20(24)22-19(17-8-9-17)16-6-4-3-5-7-16/h3-7,15,17-19H,8-14H2,1-2H3,(H2,21,22,24)/t18-,19-/m0/s1. The number of benzene rings is 1. The summed E-state index contributed by atoms with van der Waals surface area (Å²) >= 11 is 0. The van der Waals surface area contributed by atoms with Crippen molar-refractivity contribution in [2.75, 3.05) is 32.8 Å². The summed E-state index contributed by atoms with van der Waals surface area (Å²) in [5.74, 6) is 1.22. The third-order valence-electron chi connectivity index (χ3n) is 4.88. The minimum atomic E-state index is -0.0923. The number of ether oxygens (including phenoxy) is 1. The number of carbonyl (C=O) groups excluding carboxylic acids is 1. The molecule has 0 aromatic heterocycles. The summed E-state index contributed by atoms with van der Waals surface area (Å²) < 4.78 is 5.81. The van der Waals surface area contributed by atoms with Crippen molar-refractivity contribution in [3.8, 4) is 0 Å². The Morgan fingerprint density at radius 3 is 2.72 bits per heavy atom. The van der Waals surface area contributed by atoms with Crippen LogP contribution in [-0.2, 0) is 4.74 Å². The lowest BCUT2D eigenvalue weighted by Gasteiger charge is -2.34. The quantitative estimate of drug-likeness (QED) is 0.799. The lowest BCUT2D eigenvalue weighted by molar-refractivity contribution is -0.0290. The van der Waals surface area contributed by atoms with Crippen molar-refractivity contribution in [1.82, 2.24) is 15.5 Å². The first-order valence-corrected chi connectivity index (χ1v) is 9.55. The van der Waals surface area contributed by atoms with Crippen molar-refractivity contribution >= 4 is 6.03 Å². The average molecular weight is 345 g/mol. The zero-order valence-corrected chi connectivity index (χ0v) is 15.4. The Kier molecular flexibility index (Phi) is 6.32. The summed E-state index contributed by atoms with van der Waals surface area (Å²) in [6, 6.07) is 10.3. The number of hydrogen-bond donors (Lipinski definition) is 2. The lowest BCUT2D eigenvalue weighted by atomic mass is 10.0. The highest BCUT2D eigenvalue weighted by molar-refractivity contribution is 5.74. The van der Waals surface area contributed by atoms with Crippen LogP contribution in [0.1, 0.15) is 38.3 Å². The van der Waals surface area contributed by atoms with Crippen molar-refractivity contribution < 1.29 is 9.53 Å². The van der Waals surface area contributed by atoms with Gasteiger partial charge < -0.3 is 15.4 Å². The van der Waals surface area contributed by atoms with Crippen LogP contribution >= 0.6 is 0 Å². The normalized spacial score (nSPS) is 22.6. The zero-order chi connectivity index (χ0) is 17.6. The van der Waals surface area contributed by atoms with E-state index >= 15 is 0 Å². The molecule has 2 aliphatic rings. The Hall–Kier alpha value is -1.59. The van der Waals surface area contributed by atoms with Gasteiger partial charge in [-0.3, -0.25) is 4.90 Å². The Balaban J connectivity index is 1.45. The third kappa shape index (κ3) is 5.72. The second kappa shape index (κ2) is 8.68. The summed E-state index contributed by atoms with van der Waals surface area (Å²) in [6.07, 6.45) is 2.46. The fourth-order valence-corrected chi connectivity index (χ4v) is 3.55. The Labute approximate surface area is 151 Å². The Bertz CT molecular complexity index is 545. The summed E-state index contributed by atoms with van der Waals surface area (Å²) in [5.41, 5.74) is 1.19. The molecule has 1 saturated carbocycles. The minimum Gasteiger partial charge on any atom is -0.374 e. The fourth-order valence-electron chi connectivity index (χ4n) is 3.55. The number of nitrogens with one attached hydrogen (secondary N) is 2. The van der Waals surface area contributed by atoms with Gasteiger partial charge in [-0.15, -0.1) is 0 Å². The van der Waals surface area contributed by atoms with E-state index in [1.54, 1.807) is 0 Å². The SMILES string of the molecule is CC(C)CN1CCO[C@@H](CNC(=O)N[C@@H](c2ccccc2)C2CC2)C1. The van der Waals surface area contributed by atoms with Crippen LogP contribution in [0.4, 0.5) is 4.79 Å². The number of rotatable bonds is 7. The number of amides is 2. The van der Waals surface area contributed by atoms with Crippen molar-refractivity contribution in [1.29, 1.82) is 0 Å². The molecule has 138 valence electrons. The van der Waals surface area contributed by atoms with E-state index in [2.05, 4.69) is 41.5 Å². The van der Waals surface area contributed by atoms with Gasteiger partial charge in [0.25, 0.3) is 0 Å². The van der Waals surface area contributed by atoms with Crippen LogP contribution in [0.15, 0.2) is 30.3 Å². The number of urea groups is 1. The van der Waals surface area contributed by atoms with Gasteiger partial charge in [-0.25, -0.2) is 4.79 Å². The molecule has 0 bridgehead atoms. The van der Waals surface area contributed by atoms with E-state index in [0.717, 1.165) is 26.2 Å². The lowest BCUT2D eigenvalue weighted by Crippen LogP contribution is -2.50. The van der Waals surface area contributed by atoms with Crippen LogP contribution in [0.2, 0.25) is 0 Å². The first-order valence-electron chi connectivity index (χ1n) is 9.55. The molecule has 5 nitrogen and oxygen atoms in total. The smallest absolute Gasteiger partial charge is 0.315 e. The van der Waals surface area contributed by atoms with Crippen molar-refractivity contribution in [3.63, 3.8) is 0 Å². The molecule has 25 heavy (non-hydrogen) atoms. The van der Waals surface area contributed by atoms with Gasteiger partial charge in [-0.1, -0.05) is 44.2 Å². The topological polar surface area (TPSA) is 53.6 Å². The van der Waals surface area contributed by atoms with Gasteiger partial charge in [0, 0.05) is 26.2 Å². The Morgan fingerprint density at radius 1 is 1.28 bits per heavy atom. The molecule has 5 heteroatoms. The molecule has 2 fully saturated rings. The van der Waals surface area contributed by atoms with E-state index in [1.165, 1.54) is 18.4 Å². The Morgan fingerprint density at radius 2 is 2.04 bits per heavy atom. The summed E-state index contributed by atoms with van der Waals surface area (Å²) in [4.78, 5) is 14.8. The van der Waals surface area contributed by atoms with E-state index < -0.39 is 0 Å². The van der Waals surface area contributed by atoms with Crippen LogP contribution in [0.5, 0.6) is 0 Å². The van der Waals surface area contributed by atoms with E-state index in [4.69, 9.17) is 4.74 Å². The van der Waals surface area contributed by atoms with Gasteiger partial charge in [0.05, 0.1) is 18.8 Å². The van der Waals surface area contributed by atoms with Crippen molar-refractivity contribution in [3.05, 3.63) is 35.9 Å². The first kappa shape index (κ1) is 18.2. The molecule has 1 aromatic carbocycles. The predicted octanol–water partition coefficient (Wildman–Crippen LogP) is 2.79. The highest BCUT2D eigenvalue weighted by Crippen LogP contribution is 2.40. The highest BCUT2D eigenvalue weighted by atomic mass is 16.5. The van der Waals surface area contributed by atoms with Crippen LogP contribution in [-0.4, -0.2) is 49.8 Å². The molecule has 1 aliphatic carbocycles.